The zero-order valence-electron chi connectivity index (χ0n) is 8.18. The Hall–Kier alpha value is -1.80. The smallest absolute Gasteiger partial charge is 0.328 e. The van der Waals surface area contributed by atoms with Gasteiger partial charge in [-0.2, -0.15) is 5.26 Å². The Balaban J connectivity index is 2.83. The molecule has 1 N–H and O–H groups in total. The Morgan fingerprint density at radius 3 is 2.94 bits per heavy atom. The highest BCUT2D eigenvalue weighted by molar-refractivity contribution is 9.10. The summed E-state index contributed by atoms with van der Waals surface area (Å²) in [5, 5.41) is 16.8. The van der Waals surface area contributed by atoms with Crippen molar-refractivity contribution in [1.82, 2.24) is 0 Å². The van der Waals surface area contributed by atoms with Gasteiger partial charge in [0, 0.05) is 6.08 Å². The van der Waals surface area contributed by atoms with Gasteiger partial charge in [0.1, 0.15) is 11.8 Å². The summed E-state index contributed by atoms with van der Waals surface area (Å²) >= 11 is 3.27. The number of halogens is 1. The first-order chi connectivity index (χ1) is 7.63. The number of hydrogen-bond donors (Lipinski definition) is 1. The lowest BCUT2D eigenvalue weighted by Crippen LogP contribution is -1.94. The molecule has 0 bridgehead atoms. The molecule has 5 heteroatoms. The molecule has 16 heavy (non-hydrogen) atoms. The fourth-order valence-corrected chi connectivity index (χ4v) is 1.53. The number of benzene rings is 1. The fraction of sp³-hybridized carbons (Fsp3) is 0.0909. The number of nitriles is 1. The van der Waals surface area contributed by atoms with Crippen LogP contribution in [0.4, 0.5) is 0 Å². The largest absolute Gasteiger partial charge is 0.478 e. The van der Waals surface area contributed by atoms with E-state index in [1.54, 1.807) is 18.2 Å². The van der Waals surface area contributed by atoms with Crippen LogP contribution in [0.15, 0.2) is 28.7 Å². The van der Waals surface area contributed by atoms with Gasteiger partial charge in [-0.15, -0.1) is 0 Å². The number of carboxylic acids is 1. The molecule has 1 rings (SSSR count). The van der Waals surface area contributed by atoms with E-state index in [0.717, 1.165) is 11.6 Å². The van der Waals surface area contributed by atoms with E-state index in [1.807, 2.05) is 6.07 Å². The normalized spacial score (nSPS) is 10.0. The van der Waals surface area contributed by atoms with E-state index >= 15 is 0 Å². The van der Waals surface area contributed by atoms with E-state index in [-0.39, 0.29) is 6.61 Å². The van der Waals surface area contributed by atoms with E-state index in [2.05, 4.69) is 15.9 Å². The Morgan fingerprint density at radius 2 is 2.38 bits per heavy atom. The number of nitrogens with zero attached hydrogens (tertiary/aromatic N) is 1. The molecule has 1 aromatic rings. The molecule has 0 heterocycles. The van der Waals surface area contributed by atoms with Gasteiger partial charge in [-0.25, -0.2) is 4.79 Å². The predicted molar refractivity (Wildman–Crippen MR) is 61.9 cm³/mol. The summed E-state index contributed by atoms with van der Waals surface area (Å²) in [6, 6.07) is 6.95. The van der Waals surface area contributed by atoms with Gasteiger partial charge in [0.15, 0.2) is 6.61 Å². The molecule has 0 fully saturated rings. The van der Waals surface area contributed by atoms with Crippen molar-refractivity contribution in [3.8, 4) is 11.8 Å². The van der Waals surface area contributed by atoms with Gasteiger partial charge in [0.05, 0.1) is 4.47 Å². The molecule has 0 saturated carbocycles. The van der Waals surface area contributed by atoms with Gasteiger partial charge < -0.3 is 9.84 Å². The molecule has 1 aromatic carbocycles. The number of rotatable bonds is 4. The topological polar surface area (TPSA) is 70.3 Å². The monoisotopic (exact) mass is 281 g/mol. The van der Waals surface area contributed by atoms with E-state index in [1.165, 1.54) is 6.08 Å². The van der Waals surface area contributed by atoms with Crippen LogP contribution >= 0.6 is 15.9 Å². The second-order valence-electron chi connectivity index (χ2n) is 2.81. The summed E-state index contributed by atoms with van der Waals surface area (Å²) in [4.78, 5) is 10.3. The van der Waals surface area contributed by atoms with Crippen molar-refractivity contribution in [2.45, 2.75) is 0 Å². The van der Waals surface area contributed by atoms with Crippen LogP contribution in [-0.2, 0) is 4.79 Å². The van der Waals surface area contributed by atoms with Crippen molar-refractivity contribution in [1.29, 1.82) is 5.26 Å². The van der Waals surface area contributed by atoms with Crippen LogP contribution in [0.2, 0.25) is 0 Å². The van der Waals surface area contributed by atoms with Crippen molar-refractivity contribution in [2.24, 2.45) is 0 Å². The number of ether oxygens (including phenoxy) is 1. The van der Waals surface area contributed by atoms with E-state index < -0.39 is 5.97 Å². The van der Waals surface area contributed by atoms with Crippen molar-refractivity contribution in [3.05, 3.63) is 34.3 Å². The third-order valence-corrected chi connectivity index (χ3v) is 2.29. The molecule has 82 valence electrons. The molecule has 0 atom stereocenters. The zero-order chi connectivity index (χ0) is 12.0. The molecule has 0 aromatic heterocycles. The average Bonchev–Trinajstić information content (AvgIpc) is 2.25. The summed E-state index contributed by atoms with van der Waals surface area (Å²) in [5.74, 6) is -0.449. The van der Waals surface area contributed by atoms with E-state index in [9.17, 15) is 4.79 Å². The van der Waals surface area contributed by atoms with Crippen LogP contribution in [0.1, 0.15) is 5.56 Å². The molecule has 0 aliphatic rings. The Bertz CT molecular complexity index is 463. The number of hydrogen-bond acceptors (Lipinski definition) is 3. The van der Waals surface area contributed by atoms with Crippen molar-refractivity contribution in [2.75, 3.05) is 6.61 Å². The molecule has 0 unspecified atom stereocenters. The predicted octanol–water partition coefficient (Wildman–Crippen LogP) is 2.45. The highest BCUT2D eigenvalue weighted by atomic mass is 79.9. The third kappa shape index (κ3) is 3.75. The van der Waals surface area contributed by atoms with E-state index in [0.29, 0.717) is 10.2 Å². The van der Waals surface area contributed by atoms with Crippen LogP contribution in [0.5, 0.6) is 5.75 Å². The first kappa shape index (κ1) is 12.3. The first-order valence-corrected chi connectivity index (χ1v) is 5.13. The van der Waals surface area contributed by atoms with Crippen LogP contribution < -0.4 is 4.74 Å². The van der Waals surface area contributed by atoms with Crippen LogP contribution in [-0.4, -0.2) is 17.7 Å². The SMILES string of the molecule is N#CCOc1ccc(C=CC(=O)O)cc1Br. The maximum Gasteiger partial charge on any atom is 0.328 e. The summed E-state index contributed by atoms with van der Waals surface area (Å²) < 4.78 is 5.79. The maximum absolute atomic E-state index is 10.3. The van der Waals surface area contributed by atoms with Crippen molar-refractivity contribution >= 4 is 28.0 Å². The van der Waals surface area contributed by atoms with E-state index in [4.69, 9.17) is 15.1 Å². The minimum absolute atomic E-state index is 0.0249. The van der Waals surface area contributed by atoms with Crippen LogP contribution in [0.25, 0.3) is 6.08 Å². The summed E-state index contributed by atoms with van der Waals surface area (Å²) in [7, 11) is 0. The number of aliphatic carboxylic acids is 1. The van der Waals surface area contributed by atoms with Gasteiger partial charge >= 0.3 is 5.97 Å². The molecule has 0 aliphatic heterocycles. The molecule has 0 amide bonds. The minimum atomic E-state index is -0.999. The maximum atomic E-state index is 10.3. The Kier molecular flexibility index (Phi) is 4.55. The summed E-state index contributed by atoms with van der Waals surface area (Å²) in [5.41, 5.74) is 0.735. The second kappa shape index (κ2) is 5.93. The molecular formula is C11H8BrNO3. The zero-order valence-corrected chi connectivity index (χ0v) is 9.77. The molecule has 0 aliphatic carbocycles. The highest BCUT2D eigenvalue weighted by Gasteiger charge is 2.01. The number of carboxylic acid groups (broad SMARTS) is 1. The lowest BCUT2D eigenvalue weighted by Gasteiger charge is -2.04. The lowest BCUT2D eigenvalue weighted by molar-refractivity contribution is -0.131. The second-order valence-corrected chi connectivity index (χ2v) is 3.66. The van der Waals surface area contributed by atoms with Gasteiger partial charge in [-0.3, -0.25) is 0 Å². The highest BCUT2D eigenvalue weighted by Crippen LogP contribution is 2.26. The summed E-state index contributed by atoms with van der Waals surface area (Å²) in [6.45, 7) is -0.0249. The third-order valence-electron chi connectivity index (χ3n) is 1.67. The standard InChI is InChI=1S/C11H8BrNO3/c12-9-7-8(2-4-11(14)15)1-3-10(9)16-6-5-13/h1-4,7H,6H2,(H,14,15). The van der Waals surface area contributed by atoms with Gasteiger partial charge in [0.25, 0.3) is 0 Å². The van der Waals surface area contributed by atoms with Gasteiger partial charge in [0.2, 0.25) is 0 Å². The minimum Gasteiger partial charge on any atom is -0.478 e. The van der Waals surface area contributed by atoms with Gasteiger partial charge in [-0.1, -0.05) is 6.07 Å². The summed E-state index contributed by atoms with van der Waals surface area (Å²) in [6.07, 6.45) is 2.53. The quantitative estimate of drug-likeness (QED) is 0.861. The van der Waals surface area contributed by atoms with Crippen molar-refractivity contribution < 1.29 is 14.6 Å². The first-order valence-electron chi connectivity index (χ1n) is 4.34. The Morgan fingerprint density at radius 1 is 1.62 bits per heavy atom. The molecule has 0 radical (unpaired) electrons. The lowest BCUT2D eigenvalue weighted by atomic mass is 10.2. The molecule has 0 spiro atoms. The molecular weight excluding hydrogens is 274 g/mol. The van der Waals surface area contributed by atoms with Crippen LogP contribution in [0, 0.1) is 11.3 Å². The molecule has 4 nitrogen and oxygen atoms in total. The van der Waals surface area contributed by atoms with Gasteiger partial charge in [-0.05, 0) is 39.7 Å². The average molecular weight is 282 g/mol. The van der Waals surface area contributed by atoms with Crippen LogP contribution in [0.3, 0.4) is 0 Å². The van der Waals surface area contributed by atoms with Crippen molar-refractivity contribution in [3.63, 3.8) is 0 Å². The Labute approximate surface area is 101 Å². The fourth-order valence-electron chi connectivity index (χ4n) is 1.02. The molecule has 0 saturated heterocycles. The number of carbonyl (C=O) groups is 1.